The molecule has 2 unspecified atom stereocenters. The Labute approximate surface area is 120 Å². The topological polar surface area (TPSA) is 67.3 Å². The second-order valence-electron chi connectivity index (χ2n) is 5.74. The number of rotatable bonds is 5. The van der Waals surface area contributed by atoms with Gasteiger partial charge in [0.15, 0.2) is 0 Å². The summed E-state index contributed by atoms with van der Waals surface area (Å²) in [7, 11) is 0. The van der Waals surface area contributed by atoms with E-state index in [-0.39, 0.29) is 18.8 Å². The second kappa shape index (κ2) is 7.43. The van der Waals surface area contributed by atoms with E-state index in [2.05, 4.69) is 15.3 Å². The molecule has 1 aliphatic rings. The minimum atomic E-state index is 0.0858. The van der Waals surface area contributed by atoms with Crippen LogP contribution in [-0.4, -0.2) is 33.8 Å². The molecule has 0 radical (unpaired) electrons. The van der Waals surface area contributed by atoms with Crippen LogP contribution in [0.15, 0.2) is 12.4 Å². The highest BCUT2D eigenvalue weighted by Gasteiger charge is 2.23. The summed E-state index contributed by atoms with van der Waals surface area (Å²) in [6, 6.07) is 0.270. The Kier molecular flexibility index (Phi) is 5.59. The molecule has 1 heterocycles. The van der Waals surface area contributed by atoms with E-state index in [1.54, 1.807) is 12.4 Å². The number of nitrogens with zero attached hydrogens (tertiary/aromatic N) is 2. The van der Waals surface area contributed by atoms with E-state index in [0.29, 0.717) is 11.8 Å². The van der Waals surface area contributed by atoms with Gasteiger partial charge in [-0.3, -0.25) is 4.98 Å². The molecule has 112 valence electrons. The Morgan fingerprint density at radius 2 is 2.10 bits per heavy atom. The van der Waals surface area contributed by atoms with Crippen LogP contribution in [0.4, 0.5) is 5.82 Å². The molecular formula is C15H25N3O2. The summed E-state index contributed by atoms with van der Waals surface area (Å²) in [5.74, 6) is 1.57. The van der Waals surface area contributed by atoms with Gasteiger partial charge in [0.1, 0.15) is 5.82 Å². The monoisotopic (exact) mass is 279 g/mol. The first-order valence-corrected chi connectivity index (χ1v) is 7.55. The summed E-state index contributed by atoms with van der Waals surface area (Å²) >= 11 is 0. The van der Waals surface area contributed by atoms with Crippen LogP contribution in [0.1, 0.15) is 46.0 Å². The van der Waals surface area contributed by atoms with Gasteiger partial charge < -0.3 is 15.2 Å². The van der Waals surface area contributed by atoms with Crippen LogP contribution < -0.4 is 10.1 Å². The maximum Gasteiger partial charge on any atom is 0.234 e. The van der Waals surface area contributed by atoms with Crippen molar-refractivity contribution in [2.45, 2.75) is 58.1 Å². The molecule has 2 N–H and O–H groups in total. The summed E-state index contributed by atoms with van der Waals surface area (Å²) in [6.07, 6.45) is 9.22. The predicted molar refractivity (Wildman–Crippen MR) is 78.9 cm³/mol. The van der Waals surface area contributed by atoms with Crippen LogP contribution in [0.3, 0.4) is 0 Å². The molecule has 0 saturated heterocycles. The standard InChI is InChI=1S/C15H25N3O2/c1-11(2)20-15-9-16-8-14(18-15)17-13-7-5-3-4-6-12(13)10-19/h8-9,11-13,19H,3-7,10H2,1-2H3,(H,17,18). The molecule has 1 fully saturated rings. The van der Waals surface area contributed by atoms with Gasteiger partial charge in [0, 0.05) is 18.6 Å². The lowest BCUT2D eigenvalue weighted by molar-refractivity contribution is 0.203. The Hall–Kier alpha value is -1.36. The summed E-state index contributed by atoms with van der Waals surface area (Å²) in [4.78, 5) is 8.59. The highest BCUT2D eigenvalue weighted by molar-refractivity contribution is 5.35. The lowest BCUT2D eigenvalue weighted by Crippen LogP contribution is -2.31. The van der Waals surface area contributed by atoms with Crippen molar-refractivity contribution in [3.05, 3.63) is 12.4 Å². The summed E-state index contributed by atoms with van der Waals surface area (Å²) in [6.45, 7) is 4.16. The second-order valence-corrected chi connectivity index (χ2v) is 5.74. The van der Waals surface area contributed by atoms with Gasteiger partial charge >= 0.3 is 0 Å². The van der Waals surface area contributed by atoms with Gasteiger partial charge in [0.2, 0.25) is 5.88 Å². The minimum absolute atomic E-state index is 0.0858. The van der Waals surface area contributed by atoms with Crippen LogP contribution in [0.5, 0.6) is 5.88 Å². The first kappa shape index (κ1) is 15.0. The normalized spacial score (nSPS) is 23.4. The Balaban J connectivity index is 2.03. The highest BCUT2D eigenvalue weighted by atomic mass is 16.5. The zero-order valence-corrected chi connectivity index (χ0v) is 12.4. The van der Waals surface area contributed by atoms with Gasteiger partial charge in [0.25, 0.3) is 0 Å². The van der Waals surface area contributed by atoms with Crippen molar-refractivity contribution < 1.29 is 9.84 Å². The molecule has 5 nitrogen and oxygen atoms in total. The average molecular weight is 279 g/mol. The molecular weight excluding hydrogens is 254 g/mol. The summed E-state index contributed by atoms with van der Waals surface area (Å²) in [5.41, 5.74) is 0. The van der Waals surface area contributed by atoms with Crippen molar-refractivity contribution in [3.8, 4) is 5.88 Å². The van der Waals surface area contributed by atoms with Crippen molar-refractivity contribution in [1.82, 2.24) is 9.97 Å². The number of aliphatic hydroxyl groups excluding tert-OH is 1. The number of anilines is 1. The lowest BCUT2D eigenvalue weighted by atomic mass is 9.96. The maximum atomic E-state index is 9.54. The van der Waals surface area contributed by atoms with E-state index in [0.717, 1.165) is 18.7 Å². The molecule has 20 heavy (non-hydrogen) atoms. The molecule has 5 heteroatoms. The molecule has 1 saturated carbocycles. The quantitative estimate of drug-likeness (QED) is 0.811. The molecule has 2 atom stereocenters. The molecule has 0 aromatic carbocycles. The van der Waals surface area contributed by atoms with Crippen molar-refractivity contribution >= 4 is 5.82 Å². The highest BCUT2D eigenvalue weighted by Crippen LogP contribution is 2.25. The third-order valence-corrected chi connectivity index (χ3v) is 3.70. The molecule has 0 spiro atoms. The average Bonchev–Trinajstić information content (AvgIpc) is 2.63. The zero-order chi connectivity index (χ0) is 14.4. The Bertz CT molecular complexity index is 412. The third-order valence-electron chi connectivity index (χ3n) is 3.70. The van der Waals surface area contributed by atoms with Crippen LogP contribution in [0.2, 0.25) is 0 Å². The fourth-order valence-corrected chi connectivity index (χ4v) is 2.70. The Morgan fingerprint density at radius 3 is 2.85 bits per heavy atom. The number of nitrogens with one attached hydrogen (secondary N) is 1. The van der Waals surface area contributed by atoms with Crippen molar-refractivity contribution in [3.63, 3.8) is 0 Å². The SMILES string of the molecule is CC(C)Oc1cncc(NC2CCCCCC2CO)n1. The van der Waals surface area contributed by atoms with Gasteiger partial charge in [-0.05, 0) is 26.7 Å². The number of ether oxygens (including phenoxy) is 1. The number of hydrogen-bond donors (Lipinski definition) is 2. The van der Waals surface area contributed by atoms with E-state index in [4.69, 9.17) is 4.74 Å². The van der Waals surface area contributed by atoms with E-state index < -0.39 is 0 Å². The molecule has 0 amide bonds. The maximum absolute atomic E-state index is 9.54. The largest absolute Gasteiger partial charge is 0.474 e. The van der Waals surface area contributed by atoms with Crippen LogP contribution in [-0.2, 0) is 0 Å². The van der Waals surface area contributed by atoms with E-state index in [9.17, 15) is 5.11 Å². The van der Waals surface area contributed by atoms with E-state index >= 15 is 0 Å². The predicted octanol–water partition coefficient (Wildman–Crippen LogP) is 2.62. The van der Waals surface area contributed by atoms with E-state index in [1.807, 2.05) is 13.8 Å². The van der Waals surface area contributed by atoms with Crippen LogP contribution in [0.25, 0.3) is 0 Å². The van der Waals surface area contributed by atoms with Crippen LogP contribution >= 0.6 is 0 Å². The molecule has 0 bridgehead atoms. The van der Waals surface area contributed by atoms with Crippen molar-refractivity contribution in [1.29, 1.82) is 0 Å². The molecule has 0 aliphatic heterocycles. The molecule has 1 aromatic heterocycles. The van der Waals surface area contributed by atoms with Crippen LogP contribution in [0, 0.1) is 5.92 Å². The summed E-state index contributed by atoms with van der Waals surface area (Å²) < 4.78 is 5.56. The minimum Gasteiger partial charge on any atom is -0.474 e. The van der Waals surface area contributed by atoms with Gasteiger partial charge in [-0.2, -0.15) is 4.98 Å². The van der Waals surface area contributed by atoms with Gasteiger partial charge in [-0.1, -0.05) is 19.3 Å². The first-order chi connectivity index (χ1) is 9.69. The van der Waals surface area contributed by atoms with Gasteiger partial charge in [-0.15, -0.1) is 0 Å². The molecule has 1 aliphatic carbocycles. The fourth-order valence-electron chi connectivity index (χ4n) is 2.70. The molecule has 2 rings (SSSR count). The number of hydrogen-bond acceptors (Lipinski definition) is 5. The lowest BCUT2D eigenvalue weighted by Gasteiger charge is -2.25. The zero-order valence-electron chi connectivity index (χ0n) is 12.4. The van der Waals surface area contributed by atoms with Gasteiger partial charge in [-0.25, -0.2) is 0 Å². The van der Waals surface area contributed by atoms with Crippen molar-refractivity contribution in [2.75, 3.05) is 11.9 Å². The fraction of sp³-hybridized carbons (Fsp3) is 0.733. The molecule has 1 aromatic rings. The number of aliphatic hydroxyl groups is 1. The third kappa shape index (κ3) is 4.34. The number of aromatic nitrogens is 2. The first-order valence-electron chi connectivity index (χ1n) is 7.55. The van der Waals surface area contributed by atoms with Gasteiger partial charge in [0.05, 0.1) is 18.5 Å². The Morgan fingerprint density at radius 1 is 1.30 bits per heavy atom. The van der Waals surface area contributed by atoms with E-state index in [1.165, 1.54) is 19.3 Å². The van der Waals surface area contributed by atoms with Crippen molar-refractivity contribution in [2.24, 2.45) is 5.92 Å². The summed E-state index contributed by atoms with van der Waals surface area (Å²) in [5, 5.41) is 13.0. The smallest absolute Gasteiger partial charge is 0.234 e.